The normalized spacial score (nSPS) is 12.5. The summed E-state index contributed by atoms with van der Waals surface area (Å²) in [4.78, 5) is 14.3. The van der Waals surface area contributed by atoms with Crippen molar-refractivity contribution in [1.29, 1.82) is 0 Å². The number of carbonyl (C=O) groups excluding carboxylic acids is 1. The highest BCUT2D eigenvalue weighted by Crippen LogP contribution is 2.27. The van der Waals surface area contributed by atoms with Crippen LogP contribution in [0.3, 0.4) is 0 Å². The molecular weight excluding hydrogens is 311 g/mol. The van der Waals surface area contributed by atoms with E-state index in [1.807, 2.05) is 0 Å². The van der Waals surface area contributed by atoms with Crippen molar-refractivity contribution >= 4 is 29.2 Å². The van der Waals surface area contributed by atoms with Gasteiger partial charge in [-0.3, -0.25) is 5.32 Å². The number of hydrogen-bond acceptors (Lipinski definition) is 4. The first-order valence-corrected chi connectivity index (χ1v) is 7.77. The fourth-order valence-electron chi connectivity index (χ4n) is 2.08. The first kappa shape index (κ1) is 18.2. The van der Waals surface area contributed by atoms with Crippen molar-refractivity contribution in [3.63, 3.8) is 0 Å². The molecule has 4 nitrogen and oxygen atoms in total. The molecule has 21 heavy (non-hydrogen) atoms. The molecule has 0 amide bonds. The standard InChI is InChI=1S/C15H22Cl2N2O2/c1-4-19(5-2)9-8-18-14(15(20)21-3)12-10-11(16)6-7-13(12)17/h6-7,10,14,18H,4-5,8-9H2,1-3H3. The highest BCUT2D eigenvalue weighted by molar-refractivity contribution is 6.33. The van der Waals surface area contributed by atoms with E-state index in [-0.39, 0.29) is 5.97 Å². The van der Waals surface area contributed by atoms with Crippen LogP contribution in [0.1, 0.15) is 25.5 Å². The van der Waals surface area contributed by atoms with Crippen molar-refractivity contribution < 1.29 is 9.53 Å². The predicted octanol–water partition coefficient (Wildman–Crippen LogP) is 3.14. The Morgan fingerprint density at radius 1 is 1.33 bits per heavy atom. The Kier molecular flexibility index (Phi) is 8.04. The van der Waals surface area contributed by atoms with Gasteiger partial charge in [0.25, 0.3) is 0 Å². The summed E-state index contributed by atoms with van der Waals surface area (Å²) in [5.41, 5.74) is 0.635. The second-order valence-electron chi connectivity index (χ2n) is 4.60. The number of benzene rings is 1. The van der Waals surface area contributed by atoms with Crippen LogP contribution in [0.2, 0.25) is 10.0 Å². The molecule has 1 rings (SSSR count). The van der Waals surface area contributed by atoms with Crippen LogP contribution in [-0.2, 0) is 9.53 Å². The lowest BCUT2D eigenvalue weighted by Gasteiger charge is -2.22. The summed E-state index contributed by atoms with van der Waals surface area (Å²) in [5.74, 6) is -0.376. The number of nitrogens with zero attached hydrogens (tertiary/aromatic N) is 1. The topological polar surface area (TPSA) is 41.6 Å². The van der Waals surface area contributed by atoms with Gasteiger partial charge >= 0.3 is 5.97 Å². The van der Waals surface area contributed by atoms with Gasteiger partial charge in [-0.2, -0.15) is 0 Å². The van der Waals surface area contributed by atoms with E-state index in [2.05, 4.69) is 24.1 Å². The third-order valence-corrected chi connectivity index (χ3v) is 3.96. The highest BCUT2D eigenvalue weighted by Gasteiger charge is 2.23. The molecule has 0 bridgehead atoms. The van der Waals surface area contributed by atoms with E-state index in [1.165, 1.54) is 7.11 Å². The maximum atomic E-state index is 12.0. The number of halogens is 2. The van der Waals surface area contributed by atoms with Gasteiger partial charge in [0.05, 0.1) is 7.11 Å². The summed E-state index contributed by atoms with van der Waals surface area (Å²) in [6.45, 7) is 7.66. The molecule has 0 aromatic heterocycles. The third kappa shape index (κ3) is 5.47. The molecule has 0 aliphatic carbocycles. The first-order valence-electron chi connectivity index (χ1n) is 7.01. The summed E-state index contributed by atoms with van der Waals surface area (Å²) >= 11 is 12.2. The maximum Gasteiger partial charge on any atom is 0.327 e. The van der Waals surface area contributed by atoms with Crippen LogP contribution in [0, 0.1) is 0 Å². The van der Waals surface area contributed by atoms with Crippen LogP contribution >= 0.6 is 23.2 Å². The van der Waals surface area contributed by atoms with Crippen molar-refractivity contribution in [3.8, 4) is 0 Å². The van der Waals surface area contributed by atoms with Gasteiger partial charge in [0.1, 0.15) is 6.04 Å². The zero-order chi connectivity index (χ0) is 15.8. The highest BCUT2D eigenvalue weighted by atomic mass is 35.5. The van der Waals surface area contributed by atoms with E-state index in [4.69, 9.17) is 27.9 Å². The Balaban J connectivity index is 2.81. The van der Waals surface area contributed by atoms with Gasteiger partial charge in [-0.1, -0.05) is 37.0 Å². The lowest BCUT2D eigenvalue weighted by molar-refractivity contribution is -0.143. The van der Waals surface area contributed by atoms with E-state index < -0.39 is 6.04 Å². The van der Waals surface area contributed by atoms with E-state index in [1.54, 1.807) is 18.2 Å². The lowest BCUT2D eigenvalue weighted by Crippen LogP contribution is -2.37. The van der Waals surface area contributed by atoms with Gasteiger partial charge in [0.15, 0.2) is 0 Å². The fourth-order valence-corrected chi connectivity index (χ4v) is 2.49. The zero-order valence-corrected chi connectivity index (χ0v) is 14.2. The average molecular weight is 333 g/mol. The minimum atomic E-state index is -0.614. The number of likely N-dealkylation sites (N-methyl/N-ethyl adjacent to an activating group) is 1. The number of hydrogen-bond donors (Lipinski definition) is 1. The monoisotopic (exact) mass is 332 g/mol. The van der Waals surface area contributed by atoms with Crippen molar-refractivity contribution in [2.75, 3.05) is 33.3 Å². The van der Waals surface area contributed by atoms with Crippen LogP contribution in [-0.4, -0.2) is 44.2 Å². The molecule has 0 radical (unpaired) electrons. The molecule has 118 valence electrons. The Bertz CT molecular complexity index is 465. The predicted molar refractivity (Wildman–Crippen MR) is 87.0 cm³/mol. The number of nitrogens with one attached hydrogen (secondary N) is 1. The maximum absolute atomic E-state index is 12.0. The van der Waals surface area contributed by atoms with Crippen LogP contribution in [0.25, 0.3) is 0 Å². The van der Waals surface area contributed by atoms with Crippen LogP contribution in [0.4, 0.5) is 0 Å². The zero-order valence-electron chi connectivity index (χ0n) is 12.7. The van der Waals surface area contributed by atoms with E-state index in [0.29, 0.717) is 22.2 Å². The molecule has 0 aliphatic heterocycles. The number of carbonyl (C=O) groups is 1. The minimum Gasteiger partial charge on any atom is -0.468 e. The van der Waals surface area contributed by atoms with Gasteiger partial charge < -0.3 is 9.64 Å². The van der Waals surface area contributed by atoms with Crippen molar-refractivity contribution in [1.82, 2.24) is 10.2 Å². The molecular formula is C15H22Cl2N2O2. The number of esters is 1. The molecule has 1 unspecified atom stereocenters. The van der Waals surface area contributed by atoms with Gasteiger partial charge in [-0.05, 0) is 31.3 Å². The van der Waals surface area contributed by atoms with Crippen molar-refractivity contribution in [3.05, 3.63) is 33.8 Å². The molecule has 1 aromatic carbocycles. The summed E-state index contributed by atoms with van der Waals surface area (Å²) in [7, 11) is 1.36. The minimum absolute atomic E-state index is 0.376. The molecule has 1 atom stereocenters. The lowest BCUT2D eigenvalue weighted by atomic mass is 10.1. The summed E-state index contributed by atoms with van der Waals surface area (Å²) in [6, 6.07) is 4.45. The summed E-state index contributed by atoms with van der Waals surface area (Å²) < 4.78 is 4.86. The molecule has 1 aromatic rings. The molecule has 0 aliphatic rings. The van der Waals surface area contributed by atoms with Crippen molar-refractivity contribution in [2.45, 2.75) is 19.9 Å². The Morgan fingerprint density at radius 3 is 2.57 bits per heavy atom. The molecule has 6 heteroatoms. The molecule has 0 saturated carbocycles. The van der Waals surface area contributed by atoms with Crippen LogP contribution < -0.4 is 5.32 Å². The molecule has 0 spiro atoms. The largest absolute Gasteiger partial charge is 0.468 e. The first-order chi connectivity index (χ1) is 10.0. The smallest absolute Gasteiger partial charge is 0.327 e. The van der Waals surface area contributed by atoms with E-state index in [0.717, 1.165) is 19.6 Å². The van der Waals surface area contributed by atoms with E-state index in [9.17, 15) is 4.79 Å². The third-order valence-electron chi connectivity index (χ3n) is 3.38. The van der Waals surface area contributed by atoms with Crippen molar-refractivity contribution in [2.24, 2.45) is 0 Å². The Morgan fingerprint density at radius 2 is 2.00 bits per heavy atom. The van der Waals surface area contributed by atoms with Gasteiger partial charge in [0, 0.05) is 28.7 Å². The second kappa shape index (κ2) is 9.26. The van der Waals surface area contributed by atoms with Gasteiger partial charge in [0.2, 0.25) is 0 Å². The molecule has 0 saturated heterocycles. The van der Waals surface area contributed by atoms with E-state index >= 15 is 0 Å². The quantitative estimate of drug-likeness (QED) is 0.742. The summed E-state index contributed by atoms with van der Waals surface area (Å²) in [5, 5.41) is 4.22. The summed E-state index contributed by atoms with van der Waals surface area (Å²) in [6.07, 6.45) is 0. The fraction of sp³-hybridized carbons (Fsp3) is 0.533. The second-order valence-corrected chi connectivity index (χ2v) is 5.45. The number of ether oxygens (including phenoxy) is 1. The van der Waals surface area contributed by atoms with Gasteiger partial charge in [-0.25, -0.2) is 4.79 Å². The molecule has 1 N–H and O–H groups in total. The van der Waals surface area contributed by atoms with Gasteiger partial charge in [-0.15, -0.1) is 0 Å². The number of methoxy groups -OCH3 is 1. The SMILES string of the molecule is CCN(CC)CCNC(C(=O)OC)c1cc(Cl)ccc1Cl. The van der Waals surface area contributed by atoms with Crippen LogP contribution in [0.15, 0.2) is 18.2 Å². The molecule has 0 heterocycles. The van der Waals surface area contributed by atoms with Crippen LogP contribution in [0.5, 0.6) is 0 Å². The average Bonchev–Trinajstić information content (AvgIpc) is 2.49. The Labute approximate surface area is 136 Å². The molecule has 0 fully saturated rings. The Hall–Kier alpha value is -0.810. The number of rotatable bonds is 8.